The molecular weight excluding hydrogens is 476 g/mol. The van der Waals surface area contributed by atoms with E-state index < -0.39 is 10.0 Å². The number of anilines is 1. The van der Waals surface area contributed by atoms with Gasteiger partial charge in [0.25, 0.3) is 10.0 Å². The number of carbonyl (C=O) groups excluding carboxylic acids is 1. The lowest BCUT2D eigenvalue weighted by Crippen LogP contribution is -2.41. The Morgan fingerprint density at radius 3 is 2.08 bits per heavy atom. The summed E-state index contributed by atoms with van der Waals surface area (Å²) in [6.07, 6.45) is 1.58. The predicted octanol–water partition coefficient (Wildman–Crippen LogP) is 4.57. The van der Waals surface area contributed by atoms with Crippen LogP contribution in [0, 0.1) is 20.8 Å². The van der Waals surface area contributed by atoms with Gasteiger partial charge in [-0.05, 0) is 74.6 Å². The quantitative estimate of drug-likeness (QED) is 0.382. The van der Waals surface area contributed by atoms with Crippen LogP contribution in [0.2, 0.25) is 0 Å². The Morgan fingerprint density at radius 2 is 1.47 bits per heavy atom. The van der Waals surface area contributed by atoms with E-state index in [9.17, 15) is 13.2 Å². The van der Waals surface area contributed by atoms with Gasteiger partial charge in [0.2, 0.25) is 5.91 Å². The van der Waals surface area contributed by atoms with Crippen LogP contribution in [0.5, 0.6) is 11.5 Å². The number of methoxy groups -OCH3 is 2. The van der Waals surface area contributed by atoms with Crippen LogP contribution in [0.4, 0.5) is 5.69 Å². The maximum atomic E-state index is 13.8. The fourth-order valence-corrected chi connectivity index (χ4v) is 5.40. The van der Waals surface area contributed by atoms with E-state index in [-0.39, 0.29) is 17.3 Å². The van der Waals surface area contributed by atoms with Crippen molar-refractivity contribution in [3.8, 4) is 11.5 Å². The highest BCUT2D eigenvalue weighted by Crippen LogP contribution is 2.32. The van der Waals surface area contributed by atoms with Gasteiger partial charge >= 0.3 is 0 Å². The van der Waals surface area contributed by atoms with Crippen molar-refractivity contribution in [2.75, 3.05) is 31.6 Å². The summed E-state index contributed by atoms with van der Waals surface area (Å²) in [6.45, 7) is 5.93. The molecule has 0 fully saturated rings. The molecule has 0 atom stereocenters. The Morgan fingerprint density at radius 1 is 0.833 bits per heavy atom. The first-order chi connectivity index (χ1) is 17.1. The summed E-state index contributed by atoms with van der Waals surface area (Å²) in [7, 11) is -1.15. The maximum Gasteiger partial charge on any atom is 0.264 e. The van der Waals surface area contributed by atoms with Crippen molar-refractivity contribution in [1.29, 1.82) is 0 Å². The molecule has 0 aliphatic heterocycles. The fourth-order valence-electron chi connectivity index (χ4n) is 3.98. The molecule has 0 radical (unpaired) electrons. The molecule has 3 aromatic carbocycles. The second-order valence-electron chi connectivity index (χ2n) is 8.81. The summed E-state index contributed by atoms with van der Waals surface area (Å²) in [6, 6.07) is 18.2. The Hall–Kier alpha value is -3.52. The lowest BCUT2D eigenvalue weighted by molar-refractivity contribution is -0.119. The molecule has 0 aromatic heterocycles. The van der Waals surface area contributed by atoms with E-state index >= 15 is 0 Å². The molecule has 0 aliphatic rings. The monoisotopic (exact) mass is 510 g/mol. The summed E-state index contributed by atoms with van der Waals surface area (Å²) in [5.74, 6) is 0.336. The van der Waals surface area contributed by atoms with Crippen LogP contribution in [0.1, 0.15) is 28.7 Å². The van der Waals surface area contributed by atoms with Crippen LogP contribution in [-0.4, -0.2) is 41.6 Å². The minimum absolute atomic E-state index is 0.00600. The zero-order valence-electron chi connectivity index (χ0n) is 21.5. The van der Waals surface area contributed by atoms with Gasteiger partial charge in [-0.2, -0.15) is 0 Å². The van der Waals surface area contributed by atoms with E-state index in [0.29, 0.717) is 23.7 Å². The van der Waals surface area contributed by atoms with Gasteiger partial charge in [0.1, 0.15) is 6.54 Å². The first-order valence-corrected chi connectivity index (χ1v) is 13.2. The molecule has 0 saturated carbocycles. The first-order valence-electron chi connectivity index (χ1n) is 11.8. The molecule has 1 amide bonds. The van der Waals surface area contributed by atoms with Crippen LogP contribution in [0.25, 0.3) is 0 Å². The summed E-state index contributed by atoms with van der Waals surface area (Å²) >= 11 is 0. The number of nitrogens with one attached hydrogen (secondary N) is 1. The van der Waals surface area contributed by atoms with Crippen LogP contribution in [0.15, 0.2) is 65.6 Å². The number of sulfonamides is 1. The highest BCUT2D eigenvalue weighted by molar-refractivity contribution is 7.92. The van der Waals surface area contributed by atoms with Crippen molar-refractivity contribution < 1.29 is 22.7 Å². The minimum Gasteiger partial charge on any atom is -0.493 e. The Bertz CT molecular complexity index is 1280. The van der Waals surface area contributed by atoms with Crippen molar-refractivity contribution in [1.82, 2.24) is 5.32 Å². The topological polar surface area (TPSA) is 84.9 Å². The summed E-state index contributed by atoms with van der Waals surface area (Å²) in [5, 5.41) is 2.87. The van der Waals surface area contributed by atoms with Crippen LogP contribution >= 0.6 is 0 Å². The van der Waals surface area contributed by atoms with E-state index in [1.165, 1.54) is 43.5 Å². The smallest absolute Gasteiger partial charge is 0.264 e. The Kier molecular flexibility index (Phi) is 8.98. The number of nitrogens with zero attached hydrogens (tertiary/aromatic N) is 1. The van der Waals surface area contributed by atoms with Crippen molar-refractivity contribution in [3.63, 3.8) is 0 Å². The maximum absolute atomic E-state index is 13.8. The van der Waals surface area contributed by atoms with Crippen molar-refractivity contribution in [2.24, 2.45) is 0 Å². The van der Waals surface area contributed by atoms with E-state index in [1.54, 1.807) is 12.1 Å². The van der Waals surface area contributed by atoms with Gasteiger partial charge in [0.05, 0.1) is 24.8 Å². The van der Waals surface area contributed by atoms with Crippen LogP contribution < -0.4 is 19.1 Å². The number of rotatable bonds is 11. The fraction of sp³-hybridized carbons (Fsp3) is 0.321. The van der Waals surface area contributed by atoms with Gasteiger partial charge in [-0.15, -0.1) is 0 Å². The minimum atomic E-state index is -4.08. The molecule has 36 heavy (non-hydrogen) atoms. The average Bonchev–Trinajstić information content (AvgIpc) is 2.85. The molecule has 0 unspecified atom stereocenters. The van der Waals surface area contributed by atoms with E-state index in [2.05, 4.69) is 29.6 Å². The van der Waals surface area contributed by atoms with E-state index in [4.69, 9.17) is 9.47 Å². The van der Waals surface area contributed by atoms with Gasteiger partial charge in [0.15, 0.2) is 11.5 Å². The average molecular weight is 511 g/mol. The van der Waals surface area contributed by atoms with E-state index in [1.807, 2.05) is 26.8 Å². The molecule has 3 aromatic rings. The highest BCUT2D eigenvalue weighted by atomic mass is 32.2. The molecule has 3 rings (SSSR count). The zero-order valence-corrected chi connectivity index (χ0v) is 22.3. The lowest BCUT2D eigenvalue weighted by atomic mass is 10.1. The number of ether oxygens (including phenoxy) is 2. The zero-order chi connectivity index (χ0) is 26.3. The summed E-state index contributed by atoms with van der Waals surface area (Å²) in [5.41, 5.74) is 4.63. The standard InChI is InChI=1S/C28H34N2O5S/c1-20-8-10-23(11-9-20)7-6-14-29-28(31)19-30(24-16-21(2)15-22(3)17-24)36(32,33)25-12-13-26(34-4)27(18-25)35-5/h8-13,15-18H,6-7,14,19H2,1-5H3,(H,29,31). The first kappa shape index (κ1) is 27.1. The van der Waals surface area contributed by atoms with Gasteiger partial charge in [0, 0.05) is 12.6 Å². The molecule has 8 heteroatoms. The number of amides is 1. The van der Waals surface area contributed by atoms with Gasteiger partial charge in [-0.25, -0.2) is 8.42 Å². The Balaban J connectivity index is 1.81. The van der Waals surface area contributed by atoms with Gasteiger partial charge in [-0.1, -0.05) is 35.9 Å². The molecular formula is C28H34N2O5S. The molecule has 0 bridgehead atoms. The Labute approximate surface area is 214 Å². The molecule has 0 heterocycles. The second-order valence-corrected chi connectivity index (χ2v) is 10.7. The van der Waals surface area contributed by atoms with E-state index in [0.717, 1.165) is 28.3 Å². The predicted molar refractivity (Wildman–Crippen MR) is 143 cm³/mol. The molecule has 0 spiro atoms. The SMILES string of the molecule is COc1ccc(S(=O)(=O)N(CC(=O)NCCCc2ccc(C)cc2)c2cc(C)cc(C)c2)cc1OC. The van der Waals surface area contributed by atoms with Crippen LogP contribution in [0.3, 0.4) is 0 Å². The number of hydrogen-bond donors (Lipinski definition) is 1. The van der Waals surface area contributed by atoms with Crippen molar-refractivity contribution >= 4 is 21.6 Å². The van der Waals surface area contributed by atoms with Crippen LogP contribution in [-0.2, 0) is 21.2 Å². The highest BCUT2D eigenvalue weighted by Gasteiger charge is 2.28. The summed E-state index contributed by atoms with van der Waals surface area (Å²) in [4.78, 5) is 12.9. The second kappa shape index (κ2) is 11.9. The third kappa shape index (κ3) is 6.79. The largest absolute Gasteiger partial charge is 0.493 e. The van der Waals surface area contributed by atoms with Crippen molar-refractivity contribution in [3.05, 3.63) is 82.9 Å². The molecule has 1 N–H and O–H groups in total. The third-order valence-corrected chi connectivity index (χ3v) is 7.58. The normalized spacial score (nSPS) is 11.1. The number of benzene rings is 3. The number of aryl methyl sites for hydroxylation is 4. The molecule has 7 nitrogen and oxygen atoms in total. The number of carbonyl (C=O) groups is 1. The molecule has 0 aliphatic carbocycles. The van der Waals surface area contributed by atoms with Gasteiger partial charge < -0.3 is 14.8 Å². The van der Waals surface area contributed by atoms with Crippen molar-refractivity contribution in [2.45, 2.75) is 38.5 Å². The number of hydrogen-bond acceptors (Lipinski definition) is 5. The third-order valence-electron chi connectivity index (χ3n) is 5.81. The lowest BCUT2D eigenvalue weighted by Gasteiger charge is -2.25. The van der Waals surface area contributed by atoms with Gasteiger partial charge in [-0.3, -0.25) is 9.10 Å². The molecule has 0 saturated heterocycles. The summed E-state index contributed by atoms with van der Waals surface area (Å²) < 4.78 is 39.2. The molecule has 192 valence electrons.